The summed E-state index contributed by atoms with van der Waals surface area (Å²) < 4.78 is 1.67. The van der Waals surface area contributed by atoms with Crippen LogP contribution in [0.15, 0.2) is 0 Å². The van der Waals surface area contributed by atoms with Crippen molar-refractivity contribution in [3.8, 4) is 0 Å². The largest absolute Gasteiger partial charge is 0.317 e. The summed E-state index contributed by atoms with van der Waals surface area (Å²) in [6.45, 7) is 3.95. The van der Waals surface area contributed by atoms with Crippen molar-refractivity contribution in [2.75, 3.05) is 30.4 Å². The third kappa shape index (κ3) is 4.86. The first kappa shape index (κ1) is 18.3. The Morgan fingerprint density at radius 1 is 1.52 bits per heavy atom. The monoisotopic (exact) mass is 333 g/mol. The molecule has 1 amide bonds. The van der Waals surface area contributed by atoms with Gasteiger partial charge in [-0.2, -0.15) is 21.8 Å². The molecule has 0 bridgehead atoms. The zero-order chi connectivity index (χ0) is 14.5. The van der Waals surface area contributed by atoms with E-state index in [0.717, 1.165) is 37.5 Å². The summed E-state index contributed by atoms with van der Waals surface area (Å²) >= 11 is 1.67. The summed E-state index contributed by atoms with van der Waals surface area (Å²) in [6, 6.07) is 0. The summed E-state index contributed by atoms with van der Waals surface area (Å²) in [6.07, 6.45) is 4.11. The Hall–Kier alpha value is -0.790. The van der Waals surface area contributed by atoms with Crippen LogP contribution in [0.4, 0.5) is 5.95 Å². The topological polar surface area (TPSA) is 71.8 Å². The number of hydrogen-bond acceptors (Lipinski definition) is 5. The normalized spacial score (nSPS) is 17.1. The lowest BCUT2D eigenvalue weighted by molar-refractivity contribution is -0.118. The lowest BCUT2D eigenvalue weighted by Gasteiger charge is -2.19. The van der Waals surface area contributed by atoms with Crippen molar-refractivity contribution in [1.82, 2.24) is 20.1 Å². The molecule has 6 nitrogen and oxygen atoms in total. The molecule has 1 aliphatic rings. The number of nitrogens with zero attached hydrogens (tertiary/aromatic N) is 3. The summed E-state index contributed by atoms with van der Waals surface area (Å²) in [4.78, 5) is 16.5. The first-order valence-electron chi connectivity index (χ1n) is 7.03. The van der Waals surface area contributed by atoms with Crippen LogP contribution in [0.25, 0.3) is 0 Å². The fraction of sp³-hybridized carbons (Fsp3) is 0.769. The molecule has 2 rings (SSSR count). The third-order valence-corrected chi connectivity index (χ3v) is 4.42. The second-order valence-electron chi connectivity index (χ2n) is 5.29. The molecule has 0 radical (unpaired) electrons. The van der Waals surface area contributed by atoms with E-state index in [1.807, 2.05) is 20.2 Å². The highest BCUT2D eigenvalue weighted by molar-refractivity contribution is 7.98. The third-order valence-electron chi connectivity index (χ3n) is 3.58. The number of piperidine rings is 1. The molecule has 8 heteroatoms. The Labute approximate surface area is 136 Å². The van der Waals surface area contributed by atoms with Crippen LogP contribution in [0.2, 0.25) is 0 Å². The van der Waals surface area contributed by atoms with Gasteiger partial charge in [0, 0.05) is 24.6 Å². The van der Waals surface area contributed by atoms with Crippen LogP contribution < -0.4 is 10.6 Å². The van der Waals surface area contributed by atoms with E-state index in [0.29, 0.717) is 11.9 Å². The van der Waals surface area contributed by atoms with Gasteiger partial charge in [0.25, 0.3) is 0 Å². The fourth-order valence-electron chi connectivity index (χ4n) is 2.33. The standard InChI is InChI=1S/C13H23N5OS.ClH/c1-9(8-20-3)12(19)16-13-15-11(17-18(13)2)10-4-6-14-7-5-10;/h9-10,14H,4-8H2,1-3H3,(H,15,16,17,19);1H. The zero-order valence-electron chi connectivity index (χ0n) is 12.8. The van der Waals surface area contributed by atoms with Gasteiger partial charge in [-0.15, -0.1) is 12.4 Å². The van der Waals surface area contributed by atoms with E-state index in [2.05, 4.69) is 20.7 Å². The summed E-state index contributed by atoms with van der Waals surface area (Å²) in [5, 5.41) is 10.7. The van der Waals surface area contributed by atoms with Gasteiger partial charge in [0.1, 0.15) is 0 Å². The Morgan fingerprint density at radius 3 is 2.81 bits per heavy atom. The van der Waals surface area contributed by atoms with Crippen molar-refractivity contribution in [2.24, 2.45) is 13.0 Å². The predicted molar refractivity (Wildman–Crippen MR) is 89.3 cm³/mol. The van der Waals surface area contributed by atoms with Gasteiger partial charge in [-0.1, -0.05) is 6.92 Å². The molecule has 1 unspecified atom stereocenters. The van der Waals surface area contributed by atoms with Gasteiger partial charge in [-0.25, -0.2) is 4.68 Å². The fourth-order valence-corrected chi connectivity index (χ4v) is 2.98. The first-order valence-corrected chi connectivity index (χ1v) is 8.42. The van der Waals surface area contributed by atoms with Crippen LogP contribution in [0.3, 0.4) is 0 Å². The highest BCUT2D eigenvalue weighted by atomic mass is 35.5. The van der Waals surface area contributed by atoms with Gasteiger partial charge in [0.05, 0.1) is 0 Å². The lowest BCUT2D eigenvalue weighted by Crippen LogP contribution is -2.27. The number of thioether (sulfide) groups is 1. The van der Waals surface area contributed by atoms with Crippen molar-refractivity contribution in [1.29, 1.82) is 0 Å². The van der Waals surface area contributed by atoms with Crippen LogP contribution in [-0.4, -0.2) is 45.8 Å². The first-order chi connectivity index (χ1) is 9.61. The van der Waals surface area contributed by atoms with Gasteiger partial charge < -0.3 is 5.32 Å². The molecule has 0 saturated carbocycles. The molecule has 1 saturated heterocycles. The molecular formula is C13H24ClN5OS. The van der Waals surface area contributed by atoms with Gasteiger partial charge in [-0.05, 0) is 32.2 Å². The van der Waals surface area contributed by atoms with E-state index in [1.54, 1.807) is 16.4 Å². The number of carbonyl (C=O) groups is 1. The summed E-state index contributed by atoms with van der Waals surface area (Å²) in [5.41, 5.74) is 0. The number of carbonyl (C=O) groups excluding carboxylic acids is 1. The van der Waals surface area contributed by atoms with Gasteiger partial charge in [0.15, 0.2) is 5.82 Å². The minimum atomic E-state index is -0.0240. The number of anilines is 1. The number of rotatable bonds is 5. The van der Waals surface area contributed by atoms with Crippen LogP contribution in [-0.2, 0) is 11.8 Å². The molecule has 1 aliphatic heterocycles. The van der Waals surface area contributed by atoms with Gasteiger partial charge in [-0.3, -0.25) is 10.1 Å². The smallest absolute Gasteiger partial charge is 0.230 e. The minimum Gasteiger partial charge on any atom is -0.317 e. The van der Waals surface area contributed by atoms with Gasteiger partial charge >= 0.3 is 0 Å². The second kappa shape index (κ2) is 8.60. The van der Waals surface area contributed by atoms with Crippen molar-refractivity contribution in [2.45, 2.75) is 25.7 Å². The lowest BCUT2D eigenvalue weighted by atomic mass is 9.98. The molecule has 1 aromatic heterocycles. The van der Waals surface area contributed by atoms with Gasteiger partial charge in [0.2, 0.25) is 11.9 Å². The van der Waals surface area contributed by atoms with E-state index in [1.165, 1.54) is 0 Å². The number of aromatic nitrogens is 3. The number of amides is 1. The Kier molecular flexibility index (Phi) is 7.48. The maximum Gasteiger partial charge on any atom is 0.230 e. The quantitative estimate of drug-likeness (QED) is 0.857. The van der Waals surface area contributed by atoms with Crippen molar-refractivity contribution in [3.05, 3.63) is 5.82 Å². The molecule has 21 heavy (non-hydrogen) atoms. The molecule has 2 N–H and O–H groups in total. The van der Waals surface area contributed by atoms with Crippen LogP contribution in [0, 0.1) is 5.92 Å². The molecule has 1 atom stereocenters. The molecule has 2 heterocycles. The SMILES string of the molecule is CSCC(C)C(=O)Nc1nc(C2CCNCC2)nn1C.Cl. The molecule has 1 aromatic rings. The average Bonchev–Trinajstić information content (AvgIpc) is 2.81. The number of halogens is 1. The summed E-state index contributed by atoms with van der Waals surface area (Å²) in [5.74, 6) is 2.59. The minimum absolute atomic E-state index is 0. The molecular weight excluding hydrogens is 310 g/mol. The number of aryl methyl sites for hydroxylation is 1. The van der Waals surface area contributed by atoms with E-state index < -0.39 is 0 Å². The zero-order valence-corrected chi connectivity index (χ0v) is 14.4. The maximum atomic E-state index is 12.0. The average molecular weight is 334 g/mol. The van der Waals surface area contributed by atoms with Crippen LogP contribution in [0.1, 0.15) is 31.5 Å². The number of nitrogens with one attached hydrogen (secondary N) is 2. The van der Waals surface area contributed by atoms with Crippen LogP contribution >= 0.6 is 24.2 Å². The van der Waals surface area contributed by atoms with Crippen molar-refractivity contribution < 1.29 is 4.79 Å². The second-order valence-corrected chi connectivity index (χ2v) is 6.20. The predicted octanol–water partition coefficient (Wildman–Crippen LogP) is 1.64. The molecule has 0 aromatic carbocycles. The van der Waals surface area contributed by atoms with Crippen LogP contribution in [0.5, 0.6) is 0 Å². The maximum absolute atomic E-state index is 12.0. The molecule has 1 fully saturated rings. The van der Waals surface area contributed by atoms with E-state index in [9.17, 15) is 4.79 Å². The Bertz CT molecular complexity index is 461. The Morgan fingerprint density at radius 2 is 2.19 bits per heavy atom. The highest BCUT2D eigenvalue weighted by Gasteiger charge is 2.22. The molecule has 0 spiro atoms. The highest BCUT2D eigenvalue weighted by Crippen LogP contribution is 2.23. The molecule has 120 valence electrons. The molecule has 0 aliphatic carbocycles. The van der Waals surface area contributed by atoms with E-state index in [-0.39, 0.29) is 24.2 Å². The van der Waals surface area contributed by atoms with E-state index in [4.69, 9.17) is 0 Å². The van der Waals surface area contributed by atoms with Crippen molar-refractivity contribution >= 4 is 36.0 Å². The number of hydrogen-bond donors (Lipinski definition) is 2. The van der Waals surface area contributed by atoms with E-state index >= 15 is 0 Å². The van der Waals surface area contributed by atoms with Crippen molar-refractivity contribution in [3.63, 3.8) is 0 Å². The summed E-state index contributed by atoms with van der Waals surface area (Å²) in [7, 11) is 1.83. The Balaban J connectivity index is 0.00000220.